The molecular weight excluding hydrogens is 256 g/mol. The van der Waals surface area contributed by atoms with E-state index in [2.05, 4.69) is 20.3 Å². The molecule has 0 radical (unpaired) electrons. The zero-order valence-corrected chi connectivity index (χ0v) is 11.2. The van der Waals surface area contributed by atoms with Crippen LogP contribution in [0.2, 0.25) is 0 Å². The summed E-state index contributed by atoms with van der Waals surface area (Å²) in [5.74, 6) is 0.756. The lowest BCUT2D eigenvalue weighted by molar-refractivity contribution is 0.0600. The quantitative estimate of drug-likeness (QED) is 0.802. The maximum Gasteiger partial charge on any atom is 0.337 e. The van der Waals surface area contributed by atoms with Gasteiger partial charge in [0.05, 0.1) is 12.7 Å². The Hall–Kier alpha value is -2.63. The maximum absolute atomic E-state index is 11.3. The Bertz CT molecular complexity index is 567. The van der Waals surface area contributed by atoms with Gasteiger partial charge in [0.15, 0.2) is 0 Å². The highest BCUT2D eigenvalue weighted by molar-refractivity contribution is 5.89. The summed E-state index contributed by atoms with van der Waals surface area (Å²) in [4.78, 5) is 11.3. The van der Waals surface area contributed by atoms with Crippen LogP contribution < -0.4 is 11.1 Å². The summed E-state index contributed by atoms with van der Waals surface area (Å²) in [7, 11) is 1.37. The Morgan fingerprint density at radius 2 is 1.95 bits per heavy atom. The van der Waals surface area contributed by atoms with Crippen molar-refractivity contribution in [1.29, 1.82) is 0 Å². The van der Waals surface area contributed by atoms with Gasteiger partial charge in [0.25, 0.3) is 0 Å². The van der Waals surface area contributed by atoms with Gasteiger partial charge in [-0.2, -0.15) is 0 Å². The Morgan fingerprint density at radius 1 is 1.20 bits per heavy atom. The van der Waals surface area contributed by atoms with Crippen LogP contribution in [0.25, 0.3) is 0 Å². The molecule has 0 atom stereocenters. The van der Waals surface area contributed by atoms with E-state index in [4.69, 9.17) is 5.73 Å². The summed E-state index contributed by atoms with van der Waals surface area (Å²) >= 11 is 0. The van der Waals surface area contributed by atoms with E-state index < -0.39 is 0 Å². The molecular formula is C14H16N4O2. The third-order valence-electron chi connectivity index (χ3n) is 2.78. The van der Waals surface area contributed by atoms with Crippen LogP contribution in [0, 0.1) is 0 Å². The number of aromatic nitrogens is 2. The highest BCUT2D eigenvalue weighted by atomic mass is 16.5. The van der Waals surface area contributed by atoms with E-state index in [0.717, 1.165) is 18.5 Å². The molecule has 0 unspecified atom stereocenters. The van der Waals surface area contributed by atoms with Crippen LogP contribution in [0.3, 0.4) is 0 Å². The number of nitrogens with two attached hydrogens (primary N) is 1. The number of anilines is 2. The standard InChI is InChI=1S/C14H16N4O2/c1-20-14(19)11-4-2-10(3-5-11)8-9-16-13-7-6-12(15)17-18-13/h2-7H,8-9H2,1H3,(H2,15,17)(H,16,18). The van der Waals surface area contributed by atoms with Gasteiger partial charge in [-0.25, -0.2) is 4.79 Å². The van der Waals surface area contributed by atoms with Gasteiger partial charge in [0.2, 0.25) is 0 Å². The number of benzene rings is 1. The zero-order valence-electron chi connectivity index (χ0n) is 11.2. The van der Waals surface area contributed by atoms with Crippen molar-refractivity contribution in [3.8, 4) is 0 Å². The highest BCUT2D eigenvalue weighted by Gasteiger charge is 2.04. The summed E-state index contributed by atoms with van der Waals surface area (Å²) < 4.78 is 4.65. The fourth-order valence-electron chi connectivity index (χ4n) is 1.70. The van der Waals surface area contributed by atoms with Gasteiger partial charge in [-0.1, -0.05) is 12.1 Å². The van der Waals surface area contributed by atoms with Crippen LogP contribution in [-0.4, -0.2) is 29.8 Å². The van der Waals surface area contributed by atoms with Gasteiger partial charge in [-0.15, -0.1) is 10.2 Å². The molecule has 1 heterocycles. The number of rotatable bonds is 5. The minimum atomic E-state index is -0.327. The number of hydrogen-bond donors (Lipinski definition) is 2. The molecule has 0 bridgehead atoms. The van der Waals surface area contributed by atoms with Crippen molar-refractivity contribution in [3.63, 3.8) is 0 Å². The number of nitrogen functional groups attached to an aromatic ring is 1. The van der Waals surface area contributed by atoms with E-state index in [9.17, 15) is 4.79 Å². The molecule has 0 aliphatic carbocycles. The number of nitrogens with zero attached hydrogens (tertiary/aromatic N) is 2. The van der Waals surface area contributed by atoms with E-state index in [1.165, 1.54) is 7.11 Å². The first kappa shape index (κ1) is 13.8. The van der Waals surface area contributed by atoms with Crippen molar-refractivity contribution in [2.45, 2.75) is 6.42 Å². The lowest BCUT2D eigenvalue weighted by atomic mass is 10.1. The molecule has 6 nitrogen and oxygen atoms in total. The van der Waals surface area contributed by atoms with Gasteiger partial charge < -0.3 is 15.8 Å². The second-order valence-corrected chi connectivity index (χ2v) is 4.21. The molecule has 20 heavy (non-hydrogen) atoms. The van der Waals surface area contributed by atoms with Crippen LogP contribution >= 0.6 is 0 Å². The van der Waals surface area contributed by atoms with E-state index in [1.54, 1.807) is 24.3 Å². The minimum Gasteiger partial charge on any atom is -0.465 e. The van der Waals surface area contributed by atoms with Crippen LogP contribution in [0.5, 0.6) is 0 Å². The fourth-order valence-corrected chi connectivity index (χ4v) is 1.70. The largest absolute Gasteiger partial charge is 0.465 e. The van der Waals surface area contributed by atoms with E-state index in [1.807, 2.05) is 12.1 Å². The lowest BCUT2D eigenvalue weighted by Crippen LogP contribution is -2.08. The number of nitrogens with one attached hydrogen (secondary N) is 1. The molecule has 104 valence electrons. The Labute approximate surface area is 117 Å². The monoisotopic (exact) mass is 272 g/mol. The minimum absolute atomic E-state index is 0.327. The molecule has 2 aromatic rings. The van der Waals surface area contributed by atoms with Crippen molar-refractivity contribution in [1.82, 2.24) is 10.2 Å². The molecule has 0 aliphatic rings. The van der Waals surface area contributed by atoms with Gasteiger partial charge >= 0.3 is 5.97 Å². The van der Waals surface area contributed by atoms with Gasteiger partial charge in [0, 0.05) is 6.54 Å². The predicted molar refractivity (Wildman–Crippen MR) is 76.4 cm³/mol. The molecule has 0 aliphatic heterocycles. The summed E-state index contributed by atoms with van der Waals surface area (Å²) in [6.07, 6.45) is 0.813. The number of methoxy groups -OCH3 is 1. The predicted octanol–water partition coefficient (Wildman–Crippen LogP) is 1.50. The van der Waals surface area contributed by atoms with Crippen LogP contribution in [-0.2, 0) is 11.2 Å². The summed E-state index contributed by atoms with van der Waals surface area (Å²) in [6, 6.07) is 10.8. The molecule has 0 fully saturated rings. The Morgan fingerprint density at radius 3 is 2.55 bits per heavy atom. The second kappa shape index (κ2) is 6.51. The Kier molecular flexibility index (Phi) is 4.49. The van der Waals surface area contributed by atoms with Crippen molar-refractivity contribution in [2.24, 2.45) is 0 Å². The van der Waals surface area contributed by atoms with E-state index >= 15 is 0 Å². The second-order valence-electron chi connectivity index (χ2n) is 4.21. The zero-order chi connectivity index (χ0) is 14.4. The smallest absolute Gasteiger partial charge is 0.337 e. The molecule has 0 saturated carbocycles. The van der Waals surface area contributed by atoms with E-state index in [-0.39, 0.29) is 5.97 Å². The molecule has 1 aromatic carbocycles. The molecule has 3 N–H and O–H groups in total. The summed E-state index contributed by atoms with van der Waals surface area (Å²) in [5, 5.41) is 10.8. The molecule has 0 spiro atoms. The number of hydrogen-bond acceptors (Lipinski definition) is 6. The van der Waals surface area contributed by atoms with Crippen molar-refractivity contribution < 1.29 is 9.53 Å². The summed E-state index contributed by atoms with van der Waals surface area (Å²) in [5.41, 5.74) is 7.13. The normalized spacial score (nSPS) is 10.1. The first-order chi connectivity index (χ1) is 9.69. The van der Waals surface area contributed by atoms with Crippen molar-refractivity contribution in [2.75, 3.05) is 24.7 Å². The van der Waals surface area contributed by atoms with Gasteiger partial charge in [-0.3, -0.25) is 0 Å². The molecule has 6 heteroatoms. The fraction of sp³-hybridized carbons (Fsp3) is 0.214. The third kappa shape index (κ3) is 3.68. The first-order valence-electron chi connectivity index (χ1n) is 6.19. The Balaban J connectivity index is 1.85. The third-order valence-corrected chi connectivity index (χ3v) is 2.78. The van der Waals surface area contributed by atoms with Crippen LogP contribution in [0.15, 0.2) is 36.4 Å². The summed E-state index contributed by atoms with van der Waals surface area (Å²) in [6.45, 7) is 0.718. The van der Waals surface area contributed by atoms with Gasteiger partial charge in [0.1, 0.15) is 11.6 Å². The molecule has 0 amide bonds. The number of esters is 1. The molecule has 2 rings (SSSR count). The number of ether oxygens (including phenoxy) is 1. The average Bonchev–Trinajstić information content (AvgIpc) is 2.49. The van der Waals surface area contributed by atoms with Crippen LogP contribution in [0.4, 0.5) is 11.6 Å². The van der Waals surface area contributed by atoms with Gasteiger partial charge in [-0.05, 0) is 36.2 Å². The number of carbonyl (C=O) groups excluding carboxylic acids is 1. The molecule has 0 saturated heterocycles. The first-order valence-corrected chi connectivity index (χ1v) is 6.19. The number of carbonyl (C=O) groups is 1. The van der Waals surface area contributed by atoms with Crippen molar-refractivity contribution >= 4 is 17.6 Å². The lowest BCUT2D eigenvalue weighted by Gasteiger charge is -2.06. The highest BCUT2D eigenvalue weighted by Crippen LogP contribution is 2.07. The topological polar surface area (TPSA) is 90.1 Å². The average molecular weight is 272 g/mol. The van der Waals surface area contributed by atoms with Crippen LogP contribution in [0.1, 0.15) is 15.9 Å². The maximum atomic E-state index is 11.3. The van der Waals surface area contributed by atoms with Crippen molar-refractivity contribution in [3.05, 3.63) is 47.5 Å². The SMILES string of the molecule is COC(=O)c1ccc(CCNc2ccc(N)nn2)cc1. The van der Waals surface area contributed by atoms with E-state index in [0.29, 0.717) is 17.2 Å². The molecule has 1 aromatic heterocycles.